The summed E-state index contributed by atoms with van der Waals surface area (Å²) in [4.78, 5) is 17.3. The number of hydrogen-bond donors (Lipinski definition) is 2. The fourth-order valence-electron chi connectivity index (χ4n) is 3.34. The minimum Gasteiger partial charge on any atom is -0.496 e. The molecule has 0 bridgehead atoms. The second-order valence-corrected chi connectivity index (χ2v) is 7.89. The molecule has 1 saturated carbocycles. The van der Waals surface area contributed by atoms with Gasteiger partial charge in [-0.3, -0.25) is 4.79 Å². The van der Waals surface area contributed by atoms with E-state index in [1.807, 2.05) is 50.4 Å². The minimum absolute atomic E-state index is 0. The average molecular weight is 412 g/mol. The standard InChI is InChI=1S/C19H25N3O3S.ClH/c1-5-25-15-10-19(20,18(15,2)3)16(23)22-17-21-13(11-26-17)12-8-6-7-9-14(12)24-4;/h6-9,11,15H,5,10,20H2,1-4H3,(H,21,22,23);1H. The first kappa shape index (κ1) is 21.6. The van der Waals surface area contributed by atoms with Crippen molar-refractivity contribution < 1.29 is 14.3 Å². The van der Waals surface area contributed by atoms with Crippen molar-refractivity contribution in [1.82, 2.24) is 4.98 Å². The third-order valence-corrected chi connectivity index (χ3v) is 6.10. The van der Waals surface area contributed by atoms with Gasteiger partial charge in [0, 0.05) is 29.4 Å². The largest absolute Gasteiger partial charge is 0.496 e. The van der Waals surface area contributed by atoms with Gasteiger partial charge < -0.3 is 20.5 Å². The van der Waals surface area contributed by atoms with Gasteiger partial charge in [0.2, 0.25) is 5.91 Å². The van der Waals surface area contributed by atoms with Crippen LogP contribution in [0, 0.1) is 5.41 Å². The van der Waals surface area contributed by atoms with Crippen LogP contribution < -0.4 is 15.8 Å². The van der Waals surface area contributed by atoms with E-state index in [0.29, 0.717) is 18.2 Å². The maximum absolute atomic E-state index is 12.8. The fourth-order valence-corrected chi connectivity index (χ4v) is 4.05. The lowest BCUT2D eigenvalue weighted by atomic mass is 9.54. The second-order valence-electron chi connectivity index (χ2n) is 7.03. The van der Waals surface area contributed by atoms with Crippen LogP contribution in [0.4, 0.5) is 5.13 Å². The maximum Gasteiger partial charge on any atom is 0.246 e. The van der Waals surface area contributed by atoms with E-state index in [1.165, 1.54) is 11.3 Å². The van der Waals surface area contributed by atoms with Crippen LogP contribution in [0.15, 0.2) is 29.6 Å². The molecule has 1 aliphatic carbocycles. The Hall–Kier alpha value is -1.67. The lowest BCUT2D eigenvalue weighted by Gasteiger charge is -2.57. The van der Waals surface area contributed by atoms with E-state index in [9.17, 15) is 4.79 Å². The van der Waals surface area contributed by atoms with E-state index >= 15 is 0 Å². The Kier molecular flexibility index (Phi) is 6.52. The molecule has 6 nitrogen and oxygen atoms in total. The van der Waals surface area contributed by atoms with Gasteiger partial charge in [0.05, 0.1) is 18.9 Å². The smallest absolute Gasteiger partial charge is 0.246 e. The van der Waals surface area contributed by atoms with Crippen molar-refractivity contribution in [2.24, 2.45) is 11.1 Å². The summed E-state index contributed by atoms with van der Waals surface area (Å²) in [6, 6.07) is 7.65. The third kappa shape index (κ3) is 3.69. The van der Waals surface area contributed by atoms with Crippen LogP contribution in [0.25, 0.3) is 11.3 Å². The van der Waals surface area contributed by atoms with Gasteiger partial charge >= 0.3 is 0 Å². The van der Waals surface area contributed by atoms with Crippen LogP contribution in [0.5, 0.6) is 5.75 Å². The van der Waals surface area contributed by atoms with Crippen molar-refractivity contribution in [2.45, 2.75) is 38.8 Å². The highest BCUT2D eigenvalue weighted by Gasteiger charge is 2.63. The van der Waals surface area contributed by atoms with Gasteiger partial charge in [0.1, 0.15) is 11.3 Å². The van der Waals surface area contributed by atoms with Crippen molar-refractivity contribution in [2.75, 3.05) is 19.0 Å². The fraction of sp³-hybridized carbons (Fsp3) is 0.474. The molecule has 1 aliphatic rings. The molecule has 0 aliphatic heterocycles. The first-order chi connectivity index (χ1) is 12.3. The number of nitrogens with one attached hydrogen (secondary N) is 1. The Labute approximate surface area is 169 Å². The molecule has 1 heterocycles. The highest BCUT2D eigenvalue weighted by molar-refractivity contribution is 7.14. The number of anilines is 1. The Balaban J connectivity index is 0.00000261. The molecule has 0 spiro atoms. The lowest BCUT2D eigenvalue weighted by molar-refractivity contribution is -0.166. The Morgan fingerprint density at radius 3 is 2.74 bits per heavy atom. The summed E-state index contributed by atoms with van der Waals surface area (Å²) in [6.07, 6.45) is 0.494. The van der Waals surface area contributed by atoms with Gasteiger partial charge in [-0.05, 0) is 19.1 Å². The average Bonchev–Trinajstić information content (AvgIpc) is 3.09. The van der Waals surface area contributed by atoms with Gasteiger partial charge in [-0.25, -0.2) is 4.98 Å². The maximum atomic E-state index is 12.8. The quantitative estimate of drug-likeness (QED) is 0.756. The first-order valence-electron chi connectivity index (χ1n) is 8.64. The molecule has 1 amide bonds. The van der Waals surface area contributed by atoms with Gasteiger partial charge in [0.25, 0.3) is 0 Å². The number of rotatable bonds is 6. The molecule has 0 saturated heterocycles. The molecule has 2 unspecified atom stereocenters. The highest BCUT2D eigenvalue weighted by atomic mass is 35.5. The van der Waals surface area contributed by atoms with E-state index in [-0.39, 0.29) is 24.4 Å². The number of para-hydroxylation sites is 1. The lowest BCUT2D eigenvalue weighted by Crippen LogP contribution is -2.74. The summed E-state index contributed by atoms with van der Waals surface area (Å²) >= 11 is 1.37. The second kappa shape index (κ2) is 8.14. The molecule has 27 heavy (non-hydrogen) atoms. The summed E-state index contributed by atoms with van der Waals surface area (Å²) < 4.78 is 11.1. The minimum atomic E-state index is -0.969. The van der Waals surface area contributed by atoms with Crippen molar-refractivity contribution >= 4 is 34.8 Å². The molecule has 0 radical (unpaired) electrons. The summed E-state index contributed by atoms with van der Waals surface area (Å²) in [6.45, 7) is 6.50. The predicted octanol–water partition coefficient (Wildman–Crippen LogP) is 3.71. The summed E-state index contributed by atoms with van der Waals surface area (Å²) in [5, 5.41) is 5.30. The van der Waals surface area contributed by atoms with Crippen molar-refractivity contribution in [1.29, 1.82) is 0 Å². The Morgan fingerprint density at radius 2 is 2.11 bits per heavy atom. The summed E-state index contributed by atoms with van der Waals surface area (Å²) in [5.74, 6) is 0.519. The number of thiazole rings is 1. The number of amides is 1. The summed E-state index contributed by atoms with van der Waals surface area (Å²) in [7, 11) is 1.62. The van der Waals surface area contributed by atoms with Crippen LogP contribution >= 0.6 is 23.7 Å². The van der Waals surface area contributed by atoms with Crippen LogP contribution in [-0.2, 0) is 9.53 Å². The number of nitrogens with zero attached hydrogens (tertiary/aromatic N) is 1. The molecular weight excluding hydrogens is 386 g/mol. The first-order valence-corrected chi connectivity index (χ1v) is 9.52. The van der Waals surface area contributed by atoms with E-state index in [4.69, 9.17) is 15.2 Å². The van der Waals surface area contributed by atoms with Crippen molar-refractivity contribution in [3.8, 4) is 17.0 Å². The molecule has 1 aromatic heterocycles. The number of methoxy groups -OCH3 is 1. The van der Waals surface area contributed by atoms with Crippen molar-refractivity contribution in [3.63, 3.8) is 0 Å². The molecule has 2 aromatic rings. The van der Waals surface area contributed by atoms with Gasteiger partial charge in [-0.2, -0.15) is 0 Å². The van der Waals surface area contributed by atoms with Crippen LogP contribution in [0.2, 0.25) is 0 Å². The molecule has 3 N–H and O–H groups in total. The number of carbonyl (C=O) groups is 1. The normalized spacial score (nSPS) is 23.1. The Bertz CT molecular complexity index is 811. The van der Waals surface area contributed by atoms with Crippen LogP contribution in [0.1, 0.15) is 27.2 Å². The monoisotopic (exact) mass is 411 g/mol. The third-order valence-electron chi connectivity index (χ3n) is 5.34. The zero-order chi connectivity index (χ0) is 18.9. The molecular formula is C19H26ClN3O3S. The zero-order valence-corrected chi connectivity index (χ0v) is 17.6. The topological polar surface area (TPSA) is 86.5 Å². The van der Waals surface area contributed by atoms with Crippen molar-refractivity contribution in [3.05, 3.63) is 29.6 Å². The molecule has 3 rings (SSSR count). The molecule has 1 fully saturated rings. The number of carbonyl (C=O) groups excluding carboxylic acids is 1. The molecule has 2 atom stereocenters. The number of benzene rings is 1. The van der Waals surface area contributed by atoms with E-state index in [0.717, 1.165) is 17.0 Å². The number of ether oxygens (including phenoxy) is 2. The molecule has 148 valence electrons. The number of halogens is 1. The van der Waals surface area contributed by atoms with Gasteiger partial charge in [-0.1, -0.05) is 26.0 Å². The van der Waals surface area contributed by atoms with Crippen LogP contribution in [0.3, 0.4) is 0 Å². The Morgan fingerprint density at radius 1 is 1.41 bits per heavy atom. The van der Waals surface area contributed by atoms with E-state index in [1.54, 1.807) is 7.11 Å². The van der Waals surface area contributed by atoms with E-state index < -0.39 is 11.0 Å². The molecule has 1 aromatic carbocycles. The predicted molar refractivity (Wildman–Crippen MR) is 111 cm³/mol. The number of aromatic nitrogens is 1. The number of nitrogens with two attached hydrogens (primary N) is 1. The summed E-state index contributed by atoms with van der Waals surface area (Å²) in [5.41, 5.74) is 6.66. The molecule has 8 heteroatoms. The van der Waals surface area contributed by atoms with Gasteiger partial charge in [-0.15, -0.1) is 23.7 Å². The zero-order valence-electron chi connectivity index (χ0n) is 15.9. The number of hydrogen-bond acceptors (Lipinski definition) is 6. The van der Waals surface area contributed by atoms with Gasteiger partial charge in [0.15, 0.2) is 5.13 Å². The van der Waals surface area contributed by atoms with Crippen LogP contribution in [-0.4, -0.2) is 36.3 Å². The SMILES string of the molecule is CCOC1CC(N)(C(=O)Nc2nc(-c3ccccc3OC)cs2)C1(C)C.Cl. The van der Waals surface area contributed by atoms with E-state index in [2.05, 4.69) is 10.3 Å². The highest BCUT2D eigenvalue weighted by Crippen LogP contribution is 2.50.